The van der Waals surface area contributed by atoms with Crippen molar-refractivity contribution in [2.75, 3.05) is 7.11 Å². The molecule has 0 spiro atoms. The summed E-state index contributed by atoms with van der Waals surface area (Å²) in [5, 5.41) is 5.60. The SMILES string of the molecule is COc1c(Br)c2cc(Cl)ccc2c2ccc(Cl)cc12. The molecule has 96 valence electrons. The molecule has 0 unspecified atom stereocenters. The molecule has 0 amide bonds. The minimum Gasteiger partial charge on any atom is -0.495 e. The Morgan fingerprint density at radius 2 is 1.37 bits per heavy atom. The molecule has 0 atom stereocenters. The van der Waals surface area contributed by atoms with Gasteiger partial charge in [-0.3, -0.25) is 0 Å². The van der Waals surface area contributed by atoms with Crippen LogP contribution in [-0.2, 0) is 0 Å². The van der Waals surface area contributed by atoms with Crippen molar-refractivity contribution in [3.63, 3.8) is 0 Å². The van der Waals surface area contributed by atoms with Gasteiger partial charge in [0.05, 0.1) is 11.6 Å². The van der Waals surface area contributed by atoms with Crippen LogP contribution < -0.4 is 4.74 Å². The third-order valence-corrected chi connectivity index (χ3v) is 4.40. The molecule has 3 aromatic rings. The fourth-order valence-electron chi connectivity index (χ4n) is 2.31. The number of methoxy groups -OCH3 is 1. The molecule has 0 heterocycles. The Bertz CT molecular complexity index is 799. The molecular weight excluding hydrogens is 347 g/mol. The van der Waals surface area contributed by atoms with Crippen LogP contribution in [0.25, 0.3) is 21.5 Å². The summed E-state index contributed by atoms with van der Waals surface area (Å²) in [4.78, 5) is 0. The lowest BCUT2D eigenvalue weighted by atomic mass is 10.0. The highest BCUT2D eigenvalue weighted by molar-refractivity contribution is 9.10. The molecule has 1 nitrogen and oxygen atoms in total. The summed E-state index contributed by atoms with van der Waals surface area (Å²) in [6.45, 7) is 0. The Kier molecular flexibility index (Phi) is 3.34. The van der Waals surface area contributed by atoms with Gasteiger partial charge in [0.2, 0.25) is 0 Å². The number of benzene rings is 3. The van der Waals surface area contributed by atoms with Crippen molar-refractivity contribution in [2.45, 2.75) is 0 Å². The summed E-state index contributed by atoms with van der Waals surface area (Å²) >= 11 is 15.8. The number of hydrogen-bond donors (Lipinski definition) is 0. The van der Waals surface area contributed by atoms with Crippen molar-refractivity contribution in [2.24, 2.45) is 0 Å². The molecule has 0 aliphatic heterocycles. The quantitative estimate of drug-likeness (QED) is 0.481. The Morgan fingerprint density at radius 3 is 1.95 bits per heavy atom. The molecule has 0 saturated carbocycles. The second-order valence-corrected chi connectivity index (χ2v) is 5.89. The first-order chi connectivity index (χ1) is 9.11. The molecule has 19 heavy (non-hydrogen) atoms. The zero-order valence-electron chi connectivity index (χ0n) is 10.0. The molecule has 0 aromatic heterocycles. The van der Waals surface area contributed by atoms with E-state index in [1.807, 2.05) is 36.4 Å². The topological polar surface area (TPSA) is 9.23 Å². The van der Waals surface area contributed by atoms with Gasteiger partial charge in [-0.2, -0.15) is 0 Å². The summed E-state index contributed by atoms with van der Waals surface area (Å²) < 4.78 is 6.40. The normalized spacial score (nSPS) is 11.2. The summed E-state index contributed by atoms with van der Waals surface area (Å²) in [6, 6.07) is 11.6. The van der Waals surface area contributed by atoms with Crippen LogP contribution in [0.5, 0.6) is 5.75 Å². The lowest BCUT2D eigenvalue weighted by Gasteiger charge is -2.13. The summed E-state index contributed by atoms with van der Waals surface area (Å²) in [5.74, 6) is 0.771. The molecule has 0 N–H and O–H groups in total. The van der Waals surface area contributed by atoms with Crippen LogP contribution in [0.15, 0.2) is 40.9 Å². The lowest BCUT2D eigenvalue weighted by molar-refractivity contribution is 0.418. The van der Waals surface area contributed by atoms with Gasteiger partial charge in [-0.05, 0) is 51.0 Å². The van der Waals surface area contributed by atoms with E-state index in [-0.39, 0.29) is 0 Å². The average molecular weight is 356 g/mol. The van der Waals surface area contributed by atoms with Gasteiger partial charge in [-0.1, -0.05) is 35.3 Å². The summed E-state index contributed by atoms with van der Waals surface area (Å²) in [7, 11) is 1.65. The highest BCUT2D eigenvalue weighted by Gasteiger charge is 2.13. The van der Waals surface area contributed by atoms with E-state index >= 15 is 0 Å². The maximum atomic E-state index is 6.08. The van der Waals surface area contributed by atoms with E-state index < -0.39 is 0 Å². The molecule has 3 aromatic carbocycles. The first-order valence-corrected chi connectivity index (χ1v) is 7.20. The second kappa shape index (κ2) is 4.86. The van der Waals surface area contributed by atoms with Crippen molar-refractivity contribution >= 4 is 60.7 Å². The predicted molar refractivity (Wildman–Crippen MR) is 85.7 cm³/mol. The Labute approximate surface area is 129 Å². The van der Waals surface area contributed by atoms with E-state index in [4.69, 9.17) is 27.9 Å². The average Bonchev–Trinajstić information content (AvgIpc) is 2.39. The third-order valence-electron chi connectivity index (χ3n) is 3.14. The zero-order chi connectivity index (χ0) is 13.6. The molecule has 0 aliphatic carbocycles. The fourth-order valence-corrected chi connectivity index (χ4v) is 3.36. The fraction of sp³-hybridized carbons (Fsp3) is 0.0667. The highest BCUT2D eigenvalue weighted by Crippen LogP contribution is 2.42. The lowest BCUT2D eigenvalue weighted by Crippen LogP contribution is -1.89. The van der Waals surface area contributed by atoms with Crippen LogP contribution in [-0.4, -0.2) is 7.11 Å². The number of hydrogen-bond acceptors (Lipinski definition) is 1. The third kappa shape index (κ3) is 2.08. The molecule has 0 bridgehead atoms. The van der Waals surface area contributed by atoms with Crippen LogP contribution in [0.4, 0.5) is 0 Å². The van der Waals surface area contributed by atoms with E-state index in [0.717, 1.165) is 31.8 Å². The number of halogens is 3. The van der Waals surface area contributed by atoms with Gasteiger partial charge in [-0.15, -0.1) is 0 Å². The van der Waals surface area contributed by atoms with Crippen molar-refractivity contribution < 1.29 is 4.74 Å². The Balaban J connectivity index is 2.60. The number of rotatable bonds is 1. The molecule has 0 aliphatic rings. The first-order valence-electron chi connectivity index (χ1n) is 5.66. The maximum Gasteiger partial charge on any atom is 0.141 e. The van der Waals surface area contributed by atoms with Crippen LogP contribution in [0, 0.1) is 0 Å². The van der Waals surface area contributed by atoms with Crippen LogP contribution in [0.1, 0.15) is 0 Å². The van der Waals surface area contributed by atoms with Gasteiger partial charge in [-0.25, -0.2) is 0 Å². The first kappa shape index (κ1) is 13.0. The Hall–Kier alpha value is -0.960. The molecule has 0 fully saturated rings. The van der Waals surface area contributed by atoms with Gasteiger partial charge >= 0.3 is 0 Å². The predicted octanol–water partition coefficient (Wildman–Crippen LogP) is 6.07. The van der Waals surface area contributed by atoms with Gasteiger partial charge in [0.25, 0.3) is 0 Å². The molecule has 4 heteroatoms. The van der Waals surface area contributed by atoms with Crippen molar-refractivity contribution in [3.8, 4) is 5.75 Å². The van der Waals surface area contributed by atoms with E-state index in [1.165, 1.54) is 0 Å². The standard InChI is InChI=1S/C15H9BrCl2O/c1-19-15-13-7-9(18)3-5-11(13)10-4-2-8(17)6-12(10)14(15)16/h2-7H,1H3. The molecule has 0 saturated heterocycles. The van der Waals surface area contributed by atoms with Gasteiger partial charge < -0.3 is 4.74 Å². The summed E-state index contributed by atoms with van der Waals surface area (Å²) in [5.41, 5.74) is 0. The maximum absolute atomic E-state index is 6.08. The molecule has 0 radical (unpaired) electrons. The van der Waals surface area contributed by atoms with Crippen molar-refractivity contribution in [1.29, 1.82) is 0 Å². The van der Waals surface area contributed by atoms with Gasteiger partial charge in [0.15, 0.2) is 0 Å². The van der Waals surface area contributed by atoms with E-state index in [0.29, 0.717) is 10.0 Å². The largest absolute Gasteiger partial charge is 0.495 e. The zero-order valence-corrected chi connectivity index (χ0v) is 13.1. The smallest absolute Gasteiger partial charge is 0.141 e. The highest BCUT2D eigenvalue weighted by atomic mass is 79.9. The second-order valence-electron chi connectivity index (χ2n) is 4.23. The van der Waals surface area contributed by atoms with Gasteiger partial charge in [0, 0.05) is 20.8 Å². The van der Waals surface area contributed by atoms with Crippen molar-refractivity contribution in [3.05, 3.63) is 50.9 Å². The monoisotopic (exact) mass is 354 g/mol. The number of fused-ring (bicyclic) bond motifs is 3. The van der Waals surface area contributed by atoms with E-state index in [1.54, 1.807) is 7.11 Å². The van der Waals surface area contributed by atoms with Crippen molar-refractivity contribution in [1.82, 2.24) is 0 Å². The van der Waals surface area contributed by atoms with Gasteiger partial charge in [0.1, 0.15) is 5.75 Å². The Morgan fingerprint density at radius 1 is 0.842 bits per heavy atom. The van der Waals surface area contributed by atoms with E-state index in [9.17, 15) is 0 Å². The molecule has 3 rings (SSSR count). The van der Waals surface area contributed by atoms with Crippen LogP contribution >= 0.6 is 39.1 Å². The summed E-state index contributed by atoms with van der Waals surface area (Å²) in [6.07, 6.45) is 0. The van der Waals surface area contributed by atoms with E-state index in [2.05, 4.69) is 15.9 Å². The van der Waals surface area contributed by atoms with Crippen LogP contribution in [0.3, 0.4) is 0 Å². The van der Waals surface area contributed by atoms with Crippen LogP contribution in [0.2, 0.25) is 10.0 Å². The minimum absolute atomic E-state index is 0.686. The number of ether oxygens (including phenoxy) is 1. The molecular formula is C15H9BrCl2O. The minimum atomic E-state index is 0.686.